The second kappa shape index (κ2) is 5.06. The molecule has 1 aromatic carbocycles. The summed E-state index contributed by atoms with van der Waals surface area (Å²) in [5.74, 6) is -0.319. The van der Waals surface area contributed by atoms with Gasteiger partial charge in [0, 0.05) is 13.6 Å². The van der Waals surface area contributed by atoms with Crippen LogP contribution in [-0.2, 0) is 11.3 Å². The van der Waals surface area contributed by atoms with Crippen LogP contribution in [0.5, 0.6) is 0 Å². The van der Waals surface area contributed by atoms with E-state index in [1.165, 1.54) is 12.1 Å². The van der Waals surface area contributed by atoms with E-state index in [4.69, 9.17) is 5.73 Å². The molecule has 3 nitrogen and oxygen atoms in total. The number of carbonyl (C=O) groups is 1. The minimum absolute atomic E-state index is 0.0377. The molecule has 0 radical (unpaired) electrons. The van der Waals surface area contributed by atoms with Crippen LogP contribution in [0.3, 0.4) is 0 Å². The zero-order chi connectivity index (χ0) is 13.2. The monoisotopic (exact) mass is 250 g/mol. The molecule has 1 saturated carbocycles. The highest BCUT2D eigenvalue weighted by molar-refractivity contribution is 5.86. The number of benzene rings is 1. The van der Waals surface area contributed by atoms with Crippen LogP contribution < -0.4 is 5.73 Å². The summed E-state index contributed by atoms with van der Waals surface area (Å²) in [5, 5.41) is 0. The Hall–Kier alpha value is -1.42. The summed E-state index contributed by atoms with van der Waals surface area (Å²) < 4.78 is 13.1. The molecule has 98 valence electrons. The molecule has 1 amide bonds. The van der Waals surface area contributed by atoms with Crippen molar-refractivity contribution >= 4 is 5.91 Å². The predicted molar refractivity (Wildman–Crippen MR) is 68.3 cm³/mol. The van der Waals surface area contributed by atoms with Gasteiger partial charge in [0.05, 0.1) is 5.54 Å². The molecule has 0 saturated heterocycles. The molecule has 0 aliphatic heterocycles. The first-order valence-electron chi connectivity index (χ1n) is 6.30. The van der Waals surface area contributed by atoms with Gasteiger partial charge >= 0.3 is 0 Å². The summed E-state index contributed by atoms with van der Waals surface area (Å²) in [5.41, 5.74) is 6.20. The molecule has 0 unspecified atom stereocenters. The van der Waals surface area contributed by atoms with Crippen molar-refractivity contribution in [3.8, 4) is 0 Å². The van der Waals surface area contributed by atoms with Crippen LogP contribution in [-0.4, -0.2) is 23.4 Å². The Morgan fingerprint density at radius 3 is 2.72 bits per heavy atom. The Morgan fingerprint density at radius 2 is 2.11 bits per heavy atom. The molecule has 18 heavy (non-hydrogen) atoms. The summed E-state index contributed by atoms with van der Waals surface area (Å²) >= 11 is 0. The van der Waals surface area contributed by atoms with E-state index in [2.05, 4.69) is 0 Å². The summed E-state index contributed by atoms with van der Waals surface area (Å²) in [7, 11) is 1.72. The minimum Gasteiger partial charge on any atom is -0.340 e. The van der Waals surface area contributed by atoms with Crippen LogP contribution in [0.15, 0.2) is 24.3 Å². The first-order valence-corrected chi connectivity index (χ1v) is 6.30. The number of carbonyl (C=O) groups excluding carboxylic acids is 1. The van der Waals surface area contributed by atoms with Gasteiger partial charge in [-0.2, -0.15) is 0 Å². The topological polar surface area (TPSA) is 46.3 Å². The number of hydrogen-bond acceptors (Lipinski definition) is 2. The van der Waals surface area contributed by atoms with E-state index in [9.17, 15) is 9.18 Å². The largest absolute Gasteiger partial charge is 0.340 e. The lowest BCUT2D eigenvalue weighted by Gasteiger charge is -2.28. The van der Waals surface area contributed by atoms with Gasteiger partial charge in [-0.15, -0.1) is 0 Å². The molecule has 1 aliphatic rings. The number of rotatable bonds is 3. The van der Waals surface area contributed by atoms with Gasteiger partial charge in [-0.05, 0) is 30.5 Å². The summed E-state index contributed by atoms with van der Waals surface area (Å²) in [6.07, 6.45) is 3.52. The minimum atomic E-state index is -0.706. The van der Waals surface area contributed by atoms with Crippen LogP contribution in [0, 0.1) is 5.82 Å². The Balaban J connectivity index is 2.03. The van der Waals surface area contributed by atoms with Gasteiger partial charge in [-0.1, -0.05) is 25.0 Å². The summed E-state index contributed by atoms with van der Waals surface area (Å²) in [6.45, 7) is 0.398. The summed E-state index contributed by atoms with van der Waals surface area (Å²) in [6, 6.07) is 6.30. The lowest BCUT2D eigenvalue weighted by Crippen LogP contribution is -2.52. The van der Waals surface area contributed by atoms with Crippen molar-refractivity contribution in [1.82, 2.24) is 4.90 Å². The second-order valence-electron chi connectivity index (χ2n) is 5.15. The Labute approximate surface area is 107 Å². The number of halogens is 1. The molecule has 0 aromatic heterocycles. The molecule has 0 spiro atoms. The molecule has 2 N–H and O–H groups in total. The van der Waals surface area contributed by atoms with E-state index in [0.29, 0.717) is 6.54 Å². The third-order valence-corrected chi connectivity index (χ3v) is 3.58. The highest BCUT2D eigenvalue weighted by atomic mass is 19.1. The average Bonchev–Trinajstić information content (AvgIpc) is 2.76. The van der Waals surface area contributed by atoms with Gasteiger partial charge < -0.3 is 10.6 Å². The zero-order valence-corrected chi connectivity index (χ0v) is 10.7. The first kappa shape index (κ1) is 13.0. The summed E-state index contributed by atoms with van der Waals surface area (Å²) in [4.78, 5) is 13.9. The van der Waals surface area contributed by atoms with E-state index in [0.717, 1.165) is 31.2 Å². The second-order valence-corrected chi connectivity index (χ2v) is 5.15. The number of amides is 1. The van der Waals surface area contributed by atoms with Crippen LogP contribution >= 0.6 is 0 Å². The molecule has 1 fully saturated rings. The van der Waals surface area contributed by atoms with Crippen LogP contribution in [0.1, 0.15) is 31.2 Å². The molecule has 1 aromatic rings. The maximum Gasteiger partial charge on any atom is 0.242 e. The SMILES string of the molecule is CN(Cc1cccc(F)c1)C(=O)C1(N)CCCC1. The van der Waals surface area contributed by atoms with Crippen LogP contribution in [0.4, 0.5) is 4.39 Å². The quantitative estimate of drug-likeness (QED) is 0.892. The highest BCUT2D eigenvalue weighted by Crippen LogP contribution is 2.29. The van der Waals surface area contributed by atoms with E-state index in [1.807, 2.05) is 6.07 Å². The smallest absolute Gasteiger partial charge is 0.242 e. The van der Waals surface area contributed by atoms with Gasteiger partial charge in [0.2, 0.25) is 5.91 Å². The molecule has 0 bridgehead atoms. The Kier molecular flexibility index (Phi) is 3.66. The van der Waals surface area contributed by atoms with Gasteiger partial charge in [0.15, 0.2) is 0 Å². The average molecular weight is 250 g/mol. The van der Waals surface area contributed by atoms with E-state index >= 15 is 0 Å². The van der Waals surface area contributed by atoms with Crippen molar-refractivity contribution in [1.29, 1.82) is 0 Å². The van der Waals surface area contributed by atoms with Gasteiger partial charge in [0.25, 0.3) is 0 Å². The van der Waals surface area contributed by atoms with E-state index in [-0.39, 0.29) is 11.7 Å². The third-order valence-electron chi connectivity index (χ3n) is 3.58. The molecule has 0 atom stereocenters. The molecule has 1 aliphatic carbocycles. The predicted octanol–water partition coefficient (Wildman–Crippen LogP) is 2.06. The van der Waals surface area contributed by atoms with Crippen molar-refractivity contribution in [2.45, 2.75) is 37.8 Å². The lowest BCUT2D eigenvalue weighted by molar-refractivity contribution is -0.136. The fourth-order valence-electron chi connectivity index (χ4n) is 2.58. The van der Waals surface area contributed by atoms with Crippen LogP contribution in [0.2, 0.25) is 0 Å². The van der Waals surface area contributed by atoms with Gasteiger partial charge in [-0.3, -0.25) is 4.79 Å². The lowest BCUT2D eigenvalue weighted by atomic mass is 9.97. The molecular weight excluding hydrogens is 231 g/mol. The number of nitrogens with zero attached hydrogens (tertiary/aromatic N) is 1. The van der Waals surface area contributed by atoms with Gasteiger partial charge in [0.1, 0.15) is 5.82 Å². The molecule has 4 heteroatoms. The van der Waals surface area contributed by atoms with E-state index in [1.54, 1.807) is 18.0 Å². The Morgan fingerprint density at radius 1 is 1.44 bits per heavy atom. The number of nitrogens with two attached hydrogens (primary N) is 1. The highest BCUT2D eigenvalue weighted by Gasteiger charge is 2.38. The van der Waals surface area contributed by atoms with Crippen molar-refractivity contribution in [2.24, 2.45) is 5.73 Å². The fourth-order valence-corrected chi connectivity index (χ4v) is 2.58. The van der Waals surface area contributed by atoms with Crippen molar-refractivity contribution < 1.29 is 9.18 Å². The van der Waals surface area contributed by atoms with Crippen LogP contribution in [0.25, 0.3) is 0 Å². The third kappa shape index (κ3) is 2.70. The first-order chi connectivity index (χ1) is 8.51. The molecular formula is C14H19FN2O. The van der Waals surface area contributed by atoms with Gasteiger partial charge in [-0.25, -0.2) is 4.39 Å². The standard InChI is InChI=1S/C14H19FN2O/c1-17(10-11-5-4-6-12(15)9-11)13(18)14(16)7-2-3-8-14/h4-6,9H,2-3,7-8,10,16H2,1H3. The molecule has 0 heterocycles. The van der Waals surface area contributed by atoms with Crippen molar-refractivity contribution in [2.75, 3.05) is 7.05 Å². The maximum atomic E-state index is 13.1. The zero-order valence-electron chi connectivity index (χ0n) is 10.7. The fraction of sp³-hybridized carbons (Fsp3) is 0.500. The van der Waals surface area contributed by atoms with E-state index < -0.39 is 5.54 Å². The number of hydrogen-bond donors (Lipinski definition) is 1. The maximum absolute atomic E-state index is 13.1. The Bertz CT molecular complexity index is 441. The molecule has 2 rings (SSSR count). The van der Waals surface area contributed by atoms with Crippen molar-refractivity contribution in [3.63, 3.8) is 0 Å². The van der Waals surface area contributed by atoms with Crippen molar-refractivity contribution in [3.05, 3.63) is 35.6 Å². The number of likely N-dealkylation sites (N-methyl/N-ethyl adjacent to an activating group) is 1. The normalized spacial score (nSPS) is 17.7.